The lowest BCUT2D eigenvalue weighted by atomic mass is 9.88. The Hall–Kier alpha value is -1.43. The van der Waals surface area contributed by atoms with E-state index in [0.29, 0.717) is 0 Å². The molecule has 2 bridgehead atoms. The number of fused-ring (bicyclic) bond motifs is 2. The van der Waals surface area contributed by atoms with Crippen molar-refractivity contribution in [2.45, 2.75) is 36.9 Å². The first-order valence-corrected chi connectivity index (χ1v) is 5.93. The van der Waals surface area contributed by atoms with Gasteiger partial charge in [-0.25, -0.2) is 0 Å². The fourth-order valence-electron chi connectivity index (χ4n) is 2.53. The van der Waals surface area contributed by atoms with Crippen molar-refractivity contribution in [2.75, 3.05) is 0 Å². The molecule has 0 radical (unpaired) electrons. The highest BCUT2D eigenvalue weighted by Crippen LogP contribution is 2.37. The number of aliphatic hydroxyl groups excluding tert-OH is 2. The molecule has 0 unspecified atom stereocenters. The zero-order chi connectivity index (χ0) is 12.7. The minimum absolute atomic E-state index is 0.0215. The highest BCUT2D eigenvalue weighted by Gasteiger charge is 2.50. The van der Waals surface area contributed by atoms with Crippen LogP contribution in [0.15, 0.2) is 30.3 Å². The Morgan fingerprint density at radius 3 is 2.56 bits per heavy atom. The molecule has 5 atom stereocenters. The Morgan fingerprint density at radius 1 is 1.11 bits per heavy atom. The van der Waals surface area contributed by atoms with Gasteiger partial charge >= 0.3 is 5.97 Å². The van der Waals surface area contributed by atoms with Crippen LogP contribution in [0.25, 0.3) is 0 Å². The summed E-state index contributed by atoms with van der Waals surface area (Å²) in [6.45, 7) is 0. The van der Waals surface area contributed by atoms with Crippen molar-refractivity contribution >= 4 is 5.97 Å². The monoisotopic (exact) mass is 250 g/mol. The van der Waals surface area contributed by atoms with Crippen LogP contribution < -0.4 is 0 Å². The third kappa shape index (κ3) is 1.80. The number of aliphatic hydroxyl groups is 2. The summed E-state index contributed by atoms with van der Waals surface area (Å²) in [7, 11) is 0. The molecule has 2 aliphatic rings. The molecule has 2 saturated heterocycles. The standard InChI is InChI=1S/C13H14O5/c14-9-6-8-10(15)13(18-9)11(16)12(17-8)7-4-2-1-3-5-7/h1-5,8,10-13,15-16H,6H2/t8-,10-,11-,12+,13+/m1/s1. The molecule has 0 aromatic heterocycles. The summed E-state index contributed by atoms with van der Waals surface area (Å²) in [6.07, 6.45) is -4.08. The summed E-state index contributed by atoms with van der Waals surface area (Å²) in [5.41, 5.74) is 0.810. The van der Waals surface area contributed by atoms with Crippen molar-refractivity contribution in [2.24, 2.45) is 0 Å². The van der Waals surface area contributed by atoms with Crippen LogP contribution in [-0.4, -0.2) is 40.6 Å². The molecule has 0 saturated carbocycles. The van der Waals surface area contributed by atoms with Crippen molar-refractivity contribution < 1.29 is 24.5 Å². The second-order valence-electron chi connectivity index (χ2n) is 4.65. The van der Waals surface area contributed by atoms with Crippen molar-refractivity contribution in [1.82, 2.24) is 0 Å². The van der Waals surface area contributed by atoms with E-state index < -0.39 is 36.5 Å². The van der Waals surface area contributed by atoms with Gasteiger partial charge in [-0.3, -0.25) is 4.79 Å². The number of carbonyl (C=O) groups is 1. The van der Waals surface area contributed by atoms with E-state index in [1.807, 2.05) is 30.3 Å². The maximum atomic E-state index is 11.3. The molecule has 96 valence electrons. The molecule has 5 heteroatoms. The average molecular weight is 250 g/mol. The van der Waals surface area contributed by atoms with Crippen LogP contribution in [0.3, 0.4) is 0 Å². The van der Waals surface area contributed by atoms with Gasteiger partial charge in [0.25, 0.3) is 0 Å². The molecular weight excluding hydrogens is 236 g/mol. The molecule has 1 aromatic carbocycles. The fourth-order valence-corrected chi connectivity index (χ4v) is 2.53. The van der Waals surface area contributed by atoms with Crippen LogP contribution in [-0.2, 0) is 14.3 Å². The summed E-state index contributed by atoms with van der Waals surface area (Å²) in [5.74, 6) is -0.444. The van der Waals surface area contributed by atoms with E-state index in [0.717, 1.165) is 5.56 Å². The largest absolute Gasteiger partial charge is 0.457 e. The van der Waals surface area contributed by atoms with Crippen molar-refractivity contribution in [1.29, 1.82) is 0 Å². The predicted molar refractivity (Wildman–Crippen MR) is 60.6 cm³/mol. The van der Waals surface area contributed by atoms with Crippen LogP contribution in [0.4, 0.5) is 0 Å². The van der Waals surface area contributed by atoms with Gasteiger partial charge in [-0.05, 0) is 5.56 Å². The second-order valence-corrected chi connectivity index (χ2v) is 4.65. The lowest BCUT2D eigenvalue weighted by Gasteiger charge is -2.45. The van der Waals surface area contributed by atoms with E-state index >= 15 is 0 Å². The summed E-state index contributed by atoms with van der Waals surface area (Å²) in [4.78, 5) is 11.3. The van der Waals surface area contributed by atoms with Gasteiger partial charge in [0.15, 0.2) is 6.10 Å². The molecule has 0 amide bonds. The van der Waals surface area contributed by atoms with E-state index in [4.69, 9.17) is 9.47 Å². The van der Waals surface area contributed by atoms with E-state index in [-0.39, 0.29) is 6.42 Å². The third-order valence-corrected chi connectivity index (χ3v) is 3.45. The zero-order valence-electron chi connectivity index (χ0n) is 9.60. The zero-order valence-corrected chi connectivity index (χ0v) is 9.60. The molecule has 18 heavy (non-hydrogen) atoms. The number of benzene rings is 1. The van der Waals surface area contributed by atoms with Crippen LogP contribution in [0, 0.1) is 0 Å². The fraction of sp³-hybridized carbons (Fsp3) is 0.462. The Bertz CT molecular complexity index is 446. The quantitative estimate of drug-likeness (QED) is 0.695. The number of carbonyl (C=O) groups excluding carboxylic acids is 1. The van der Waals surface area contributed by atoms with Crippen LogP contribution in [0.1, 0.15) is 18.1 Å². The average Bonchev–Trinajstić information content (AvgIpc) is 2.37. The Labute approximate surface area is 104 Å². The lowest BCUT2D eigenvalue weighted by Crippen LogP contribution is -2.59. The summed E-state index contributed by atoms with van der Waals surface area (Å²) < 4.78 is 10.7. The van der Waals surface area contributed by atoms with E-state index in [2.05, 4.69) is 0 Å². The van der Waals surface area contributed by atoms with Gasteiger partial charge in [0.05, 0.1) is 12.5 Å². The van der Waals surface area contributed by atoms with Gasteiger partial charge in [-0.15, -0.1) is 0 Å². The van der Waals surface area contributed by atoms with Crippen LogP contribution in [0.5, 0.6) is 0 Å². The van der Waals surface area contributed by atoms with Gasteiger partial charge in [0, 0.05) is 0 Å². The van der Waals surface area contributed by atoms with Gasteiger partial charge < -0.3 is 19.7 Å². The minimum Gasteiger partial charge on any atom is -0.457 e. The van der Waals surface area contributed by atoms with E-state index in [1.54, 1.807) is 0 Å². The van der Waals surface area contributed by atoms with Crippen molar-refractivity contribution in [3.05, 3.63) is 35.9 Å². The maximum Gasteiger partial charge on any atom is 0.308 e. The summed E-state index contributed by atoms with van der Waals surface area (Å²) in [6, 6.07) is 9.23. The number of hydrogen-bond acceptors (Lipinski definition) is 5. The predicted octanol–water partition coefficient (Wildman–Crippen LogP) is 0.164. The Morgan fingerprint density at radius 2 is 1.83 bits per heavy atom. The second kappa shape index (κ2) is 4.35. The van der Waals surface area contributed by atoms with Crippen molar-refractivity contribution in [3.63, 3.8) is 0 Å². The molecule has 0 spiro atoms. The third-order valence-electron chi connectivity index (χ3n) is 3.45. The molecule has 2 fully saturated rings. The van der Waals surface area contributed by atoms with Crippen molar-refractivity contribution in [3.8, 4) is 0 Å². The normalized spacial score (nSPS) is 39.2. The molecule has 2 heterocycles. The first-order chi connectivity index (χ1) is 8.66. The van der Waals surface area contributed by atoms with Gasteiger partial charge in [0.1, 0.15) is 18.3 Å². The smallest absolute Gasteiger partial charge is 0.308 e. The first kappa shape index (κ1) is 11.6. The summed E-state index contributed by atoms with van der Waals surface area (Å²) >= 11 is 0. The minimum atomic E-state index is -1.05. The molecule has 1 aromatic rings. The SMILES string of the molecule is O=C1C[C@H]2O[C@@H](c3ccccc3)[C@@H](O)[C@@H](O1)[C@@H]2O. The lowest BCUT2D eigenvalue weighted by molar-refractivity contribution is -0.257. The van der Waals surface area contributed by atoms with Gasteiger partial charge in [0.2, 0.25) is 0 Å². The maximum absolute atomic E-state index is 11.3. The highest BCUT2D eigenvalue weighted by atomic mass is 16.6. The van der Waals surface area contributed by atoms with Crippen LogP contribution in [0.2, 0.25) is 0 Å². The van der Waals surface area contributed by atoms with E-state index in [9.17, 15) is 15.0 Å². The van der Waals surface area contributed by atoms with Gasteiger partial charge in [-0.1, -0.05) is 30.3 Å². The topological polar surface area (TPSA) is 76.0 Å². The molecule has 3 rings (SSSR count). The van der Waals surface area contributed by atoms with E-state index in [1.165, 1.54) is 0 Å². The number of ether oxygens (including phenoxy) is 2. The highest BCUT2D eigenvalue weighted by molar-refractivity contribution is 5.71. The molecule has 5 nitrogen and oxygen atoms in total. The molecular formula is C13H14O5. The number of hydrogen-bond donors (Lipinski definition) is 2. The summed E-state index contributed by atoms with van der Waals surface area (Å²) in [5, 5.41) is 20.0. The van der Waals surface area contributed by atoms with Gasteiger partial charge in [-0.2, -0.15) is 0 Å². The molecule has 2 N–H and O–H groups in total. The number of esters is 1. The molecule has 2 aliphatic heterocycles. The molecule has 0 aliphatic carbocycles. The Kier molecular flexibility index (Phi) is 2.81. The first-order valence-electron chi connectivity index (χ1n) is 5.93. The Balaban J connectivity index is 1.89. The number of rotatable bonds is 1. The van der Waals surface area contributed by atoms with Crippen LogP contribution >= 0.6 is 0 Å².